The zero-order valence-corrected chi connectivity index (χ0v) is 9.38. The van der Waals surface area contributed by atoms with Gasteiger partial charge in [-0.1, -0.05) is 33.6 Å². The molecule has 0 aliphatic heterocycles. The standard InChI is InChI=1S/C6H14.2ClH.Mg/c1-4-5-6(2)3;;;/h6H,4-5H2,1-3H3;2*1H;/q;;;+2/p-2. The molecule has 0 nitrogen and oxygen atoms in total. The van der Waals surface area contributed by atoms with Gasteiger partial charge < -0.3 is 24.8 Å². The summed E-state index contributed by atoms with van der Waals surface area (Å²) in [6, 6.07) is 0. The third kappa shape index (κ3) is 26.7. The Morgan fingerprint density at radius 1 is 1.11 bits per heavy atom. The molecule has 0 saturated carbocycles. The van der Waals surface area contributed by atoms with Crippen LogP contribution >= 0.6 is 0 Å². The van der Waals surface area contributed by atoms with Crippen LogP contribution in [0.5, 0.6) is 0 Å². The molecule has 0 unspecified atom stereocenters. The van der Waals surface area contributed by atoms with Crippen LogP contribution in [-0.2, 0) is 0 Å². The summed E-state index contributed by atoms with van der Waals surface area (Å²) in [6.07, 6.45) is 2.71. The van der Waals surface area contributed by atoms with E-state index in [0.717, 1.165) is 5.92 Å². The van der Waals surface area contributed by atoms with Crippen molar-refractivity contribution in [3.05, 3.63) is 0 Å². The maximum absolute atomic E-state index is 2.25. The van der Waals surface area contributed by atoms with Gasteiger partial charge in [-0.25, -0.2) is 0 Å². The summed E-state index contributed by atoms with van der Waals surface area (Å²) in [6.45, 7) is 6.73. The average molecular weight is 181 g/mol. The Balaban J connectivity index is -0.0000000417. The minimum atomic E-state index is 0. The van der Waals surface area contributed by atoms with E-state index in [4.69, 9.17) is 0 Å². The fraction of sp³-hybridized carbons (Fsp3) is 1.00. The van der Waals surface area contributed by atoms with E-state index >= 15 is 0 Å². The zero-order chi connectivity index (χ0) is 4.99. The van der Waals surface area contributed by atoms with Crippen molar-refractivity contribution in [2.24, 2.45) is 5.92 Å². The van der Waals surface area contributed by atoms with Gasteiger partial charge in [-0.2, -0.15) is 0 Å². The molecule has 0 amide bonds. The van der Waals surface area contributed by atoms with Crippen molar-refractivity contribution < 1.29 is 24.8 Å². The molecule has 0 aliphatic rings. The molecule has 0 aromatic rings. The summed E-state index contributed by atoms with van der Waals surface area (Å²) in [5, 5.41) is 0. The van der Waals surface area contributed by atoms with Gasteiger partial charge in [0.1, 0.15) is 0 Å². The molecule has 3 heteroatoms. The van der Waals surface area contributed by atoms with Gasteiger partial charge in [-0.15, -0.1) is 0 Å². The predicted molar refractivity (Wildman–Crippen MR) is 35.5 cm³/mol. The molecule has 0 rings (SSSR count). The SMILES string of the molecule is CCCC(C)C.[Cl-].[Cl-].[Mg+2]. The van der Waals surface area contributed by atoms with E-state index in [1.807, 2.05) is 0 Å². The Morgan fingerprint density at radius 3 is 1.44 bits per heavy atom. The summed E-state index contributed by atoms with van der Waals surface area (Å²) in [4.78, 5) is 0. The van der Waals surface area contributed by atoms with Crippen molar-refractivity contribution in [3.8, 4) is 0 Å². The molecule has 0 saturated heterocycles. The van der Waals surface area contributed by atoms with Gasteiger partial charge in [0.05, 0.1) is 0 Å². The molecule has 0 N–H and O–H groups in total. The molecule has 0 aliphatic carbocycles. The summed E-state index contributed by atoms with van der Waals surface area (Å²) in [5.41, 5.74) is 0. The normalized spacial score (nSPS) is 6.67. The van der Waals surface area contributed by atoms with Crippen molar-refractivity contribution in [2.75, 3.05) is 0 Å². The van der Waals surface area contributed by atoms with Crippen LogP contribution in [0.15, 0.2) is 0 Å². The van der Waals surface area contributed by atoms with Crippen molar-refractivity contribution in [3.63, 3.8) is 0 Å². The first kappa shape index (κ1) is 22.4. The zero-order valence-electron chi connectivity index (χ0n) is 6.45. The molecular weight excluding hydrogens is 167 g/mol. The van der Waals surface area contributed by atoms with Gasteiger partial charge >= 0.3 is 23.1 Å². The molecule has 0 aromatic carbocycles. The van der Waals surface area contributed by atoms with Crippen molar-refractivity contribution >= 4 is 23.1 Å². The third-order valence-electron chi connectivity index (χ3n) is 0.866. The Bertz CT molecular complexity index is 32.2. The quantitative estimate of drug-likeness (QED) is 0.382. The topological polar surface area (TPSA) is 0 Å². The van der Waals surface area contributed by atoms with Crippen molar-refractivity contribution in [2.45, 2.75) is 33.6 Å². The van der Waals surface area contributed by atoms with Crippen LogP contribution in [0.1, 0.15) is 33.6 Å². The molecule has 0 aromatic heterocycles. The van der Waals surface area contributed by atoms with Crippen LogP contribution < -0.4 is 24.8 Å². The number of hydrogen-bond donors (Lipinski definition) is 0. The maximum Gasteiger partial charge on any atom is 2.00 e. The second kappa shape index (κ2) is 16.2. The molecule has 0 bridgehead atoms. The molecule has 0 radical (unpaired) electrons. The first-order valence-corrected chi connectivity index (χ1v) is 2.77. The summed E-state index contributed by atoms with van der Waals surface area (Å²) in [5.74, 6) is 0.898. The molecule has 0 atom stereocenters. The Labute approximate surface area is 87.1 Å². The smallest absolute Gasteiger partial charge is 1.00 e. The van der Waals surface area contributed by atoms with E-state index in [0.29, 0.717) is 0 Å². The first-order valence-electron chi connectivity index (χ1n) is 2.77. The number of hydrogen-bond acceptors (Lipinski definition) is 0. The van der Waals surface area contributed by atoms with E-state index < -0.39 is 0 Å². The molecule has 0 heterocycles. The first-order chi connectivity index (χ1) is 2.77. The molecule has 9 heavy (non-hydrogen) atoms. The second-order valence-electron chi connectivity index (χ2n) is 2.18. The van der Waals surface area contributed by atoms with Crippen LogP contribution in [0.25, 0.3) is 0 Å². The molecular formula is C6H14Cl2Mg. The van der Waals surface area contributed by atoms with Gasteiger partial charge in [0.2, 0.25) is 0 Å². The van der Waals surface area contributed by atoms with Crippen LogP contribution in [0.3, 0.4) is 0 Å². The molecule has 54 valence electrons. The fourth-order valence-corrected chi connectivity index (χ4v) is 0.577. The van der Waals surface area contributed by atoms with E-state index in [1.54, 1.807) is 0 Å². The minimum absolute atomic E-state index is 0. The van der Waals surface area contributed by atoms with Gasteiger partial charge in [-0.3, -0.25) is 0 Å². The summed E-state index contributed by atoms with van der Waals surface area (Å²) < 4.78 is 0. The third-order valence-corrected chi connectivity index (χ3v) is 0.866. The van der Waals surface area contributed by atoms with Gasteiger partial charge in [0.15, 0.2) is 0 Å². The molecule has 0 spiro atoms. The predicted octanol–water partition coefficient (Wildman–Crippen LogP) is -3.93. The fourth-order valence-electron chi connectivity index (χ4n) is 0.577. The van der Waals surface area contributed by atoms with Gasteiger partial charge in [-0.05, 0) is 5.92 Å². The summed E-state index contributed by atoms with van der Waals surface area (Å²) >= 11 is 0. The van der Waals surface area contributed by atoms with E-state index in [-0.39, 0.29) is 47.9 Å². The minimum Gasteiger partial charge on any atom is -1.00 e. The van der Waals surface area contributed by atoms with E-state index in [9.17, 15) is 0 Å². The number of halogens is 2. The monoisotopic (exact) mass is 180 g/mol. The van der Waals surface area contributed by atoms with Crippen molar-refractivity contribution in [1.82, 2.24) is 0 Å². The second-order valence-corrected chi connectivity index (χ2v) is 2.18. The maximum atomic E-state index is 2.25. The average Bonchev–Trinajstić information content (AvgIpc) is 1.35. The molecule has 0 fully saturated rings. The van der Waals surface area contributed by atoms with Gasteiger partial charge in [0, 0.05) is 0 Å². The largest absolute Gasteiger partial charge is 2.00 e. The Kier molecular flexibility index (Phi) is 40.3. The Morgan fingerprint density at radius 2 is 1.44 bits per heavy atom. The van der Waals surface area contributed by atoms with E-state index in [2.05, 4.69) is 20.8 Å². The Hall–Kier alpha value is 1.35. The van der Waals surface area contributed by atoms with E-state index in [1.165, 1.54) is 12.8 Å². The summed E-state index contributed by atoms with van der Waals surface area (Å²) in [7, 11) is 0. The van der Waals surface area contributed by atoms with Gasteiger partial charge in [0.25, 0.3) is 0 Å². The van der Waals surface area contributed by atoms with Crippen molar-refractivity contribution in [1.29, 1.82) is 0 Å². The van der Waals surface area contributed by atoms with Crippen LogP contribution in [0.4, 0.5) is 0 Å². The van der Waals surface area contributed by atoms with Crippen LogP contribution in [0.2, 0.25) is 0 Å². The number of rotatable bonds is 2. The van der Waals surface area contributed by atoms with Crippen LogP contribution in [0, 0.1) is 5.92 Å². The van der Waals surface area contributed by atoms with Crippen LogP contribution in [-0.4, -0.2) is 23.1 Å².